The van der Waals surface area contributed by atoms with E-state index in [1.54, 1.807) is 51.2 Å². The molecule has 13 nitrogen and oxygen atoms in total. The monoisotopic (exact) mass is 703 g/mol. The first kappa shape index (κ1) is 35.6. The Hall–Kier alpha value is -4.66. The zero-order chi connectivity index (χ0) is 35.5. The Morgan fingerprint density at radius 3 is 2.43 bits per heavy atom. The van der Waals surface area contributed by atoms with E-state index in [1.807, 2.05) is 0 Å². The summed E-state index contributed by atoms with van der Waals surface area (Å²) >= 11 is 0. The van der Waals surface area contributed by atoms with Gasteiger partial charge in [-0.2, -0.15) is 18.2 Å². The number of amides is 2. The Kier molecular flexibility index (Phi) is 10.5. The van der Waals surface area contributed by atoms with Crippen LogP contribution in [0.1, 0.15) is 52.9 Å². The molecule has 3 aromatic rings. The summed E-state index contributed by atoms with van der Waals surface area (Å²) in [7, 11) is -0.433. The number of nitrogens with zero attached hydrogens (tertiary/aromatic N) is 4. The molecule has 0 saturated heterocycles. The van der Waals surface area contributed by atoms with Gasteiger partial charge in [0.05, 0.1) is 43.4 Å². The molecule has 0 atom stereocenters. The minimum Gasteiger partial charge on any atom is -0.530 e. The molecule has 0 radical (unpaired) electrons. The number of carboxylic acid groups (broad SMARTS) is 1. The number of benzene rings is 2. The molecule has 0 saturated carbocycles. The topological polar surface area (TPSA) is 158 Å². The average Bonchev–Trinajstić information content (AvgIpc) is 3.35. The van der Waals surface area contributed by atoms with E-state index in [1.165, 1.54) is 18.1 Å². The van der Waals surface area contributed by atoms with E-state index in [4.69, 9.17) is 13.8 Å². The Morgan fingerprint density at radius 1 is 1.10 bits per heavy atom. The second-order valence-corrected chi connectivity index (χ2v) is 13.3. The number of anilines is 4. The van der Waals surface area contributed by atoms with Crippen LogP contribution in [-0.4, -0.2) is 72.2 Å². The lowest BCUT2D eigenvalue weighted by Crippen LogP contribution is -2.43. The smallest absolute Gasteiger partial charge is 0.421 e. The number of carbonyl (C=O) groups is 2. The van der Waals surface area contributed by atoms with E-state index in [9.17, 15) is 32.4 Å². The molecule has 262 valence electrons. The fourth-order valence-electron chi connectivity index (χ4n) is 5.72. The number of fused-ring (bicyclic) bond motifs is 1. The van der Waals surface area contributed by atoms with Crippen LogP contribution in [0.5, 0.6) is 5.75 Å². The normalized spacial score (nSPS) is 14.8. The minimum atomic E-state index is -4.84. The third-order valence-electron chi connectivity index (χ3n) is 7.97. The summed E-state index contributed by atoms with van der Waals surface area (Å²) in [5.41, 5.74) is 2.20. The van der Waals surface area contributed by atoms with Gasteiger partial charge in [0.2, 0.25) is 5.95 Å². The molecule has 3 heterocycles. The van der Waals surface area contributed by atoms with Gasteiger partial charge in [-0.3, -0.25) is 9.36 Å². The zero-order valence-corrected chi connectivity index (χ0v) is 28.1. The maximum Gasteiger partial charge on any atom is 0.421 e. The van der Waals surface area contributed by atoms with Crippen LogP contribution in [-0.2, 0) is 32.5 Å². The molecule has 2 N–H and O–H groups in total. The van der Waals surface area contributed by atoms with Crippen molar-refractivity contribution in [3.8, 4) is 5.75 Å². The predicted octanol–water partition coefficient (Wildman–Crippen LogP) is 5.78. The number of nitrogens with one attached hydrogen (secondary N) is 2. The van der Waals surface area contributed by atoms with Gasteiger partial charge in [-0.1, -0.05) is 18.2 Å². The molecule has 0 spiro atoms. The van der Waals surface area contributed by atoms with Crippen LogP contribution in [0.2, 0.25) is 0 Å². The molecular weight excluding hydrogens is 668 g/mol. The van der Waals surface area contributed by atoms with E-state index in [0.29, 0.717) is 35.0 Å². The Morgan fingerprint density at radius 2 is 1.82 bits per heavy atom. The van der Waals surface area contributed by atoms with Crippen LogP contribution in [0.4, 0.5) is 41.1 Å². The molecule has 17 heteroatoms. The fraction of sp³-hybridized carbons (Fsp3) is 0.375. The van der Waals surface area contributed by atoms with Gasteiger partial charge in [-0.05, 0) is 60.7 Å². The predicted molar refractivity (Wildman–Crippen MR) is 173 cm³/mol. The third kappa shape index (κ3) is 7.82. The first-order chi connectivity index (χ1) is 23.3. The molecule has 0 unspecified atom stereocenters. The van der Waals surface area contributed by atoms with Gasteiger partial charge >= 0.3 is 13.8 Å². The summed E-state index contributed by atoms with van der Waals surface area (Å²) < 4.78 is 71.8. The highest BCUT2D eigenvalue weighted by atomic mass is 31.2. The second-order valence-electron chi connectivity index (χ2n) is 11.2. The van der Waals surface area contributed by atoms with Crippen molar-refractivity contribution in [2.45, 2.75) is 39.2 Å². The molecule has 0 bridgehead atoms. The van der Waals surface area contributed by atoms with Gasteiger partial charge in [-0.15, -0.1) is 0 Å². The Bertz CT molecular complexity index is 1830. The number of halogens is 3. The highest BCUT2D eigenvalue weighted by Gasteiger charge is 2.37. The van der Waals surface area contributed by atoms with Crippen LogP contribution >= 0.6 is 7.60 Å². The van der Waals surface area contributed by atoms with Crippen LogP contribution < -0.4 is 20.5 Å². The van der Waals surface area contributed by atoms with E-state index < -0.39 is 37.2 Å². The summed E-state index contributed by atoms with van der Waals surface area (Å²) in [6.45, 7) is 4.34. The maximum atomic E-state index is 14.2. The summed E-state index contributed by atoms with van der Waals surface area (Å²) in [4.78, 5) is 35.2. The van der Waals surface area contributed by atoms with Crippen molar-refractivity contribution in [2.24, 2.45) is 0 Å². The maximum absolute atomic E-state index is 14.2. The number of rotatable bonds is 12. The standard InChI is InChI=1S/C32H36F3N6O7P/c1-5-47-49(45,48-6-2)18-19-7-9-24(26(15-19)46-4)38-30-36-16-23(32(33,34)35)28(39-30)37-25-10-8-21(22-17-40(3)29(42)27(22)25)20-11-13-41(14-12-20)31(43)44/h7-11,15-16H,5-6,12-14,17-18H2,1-4H3,(H,43,44)(H2,36,37,38,39)/p-1. The zero-order valence-electron chi connectivity index (χ0n) is 27.2. The van der Waals surface area contributed by atoms with E-state index in [0.717, 1.165) is 10.5 Å². The van der Waals surface area contributed by atoms with Gasteiger partial charge in [0, 0.05) is 32.9 Å². The number of hydrogen-bond donors (Lipinski definition) is 2. The minimum absolute atomic E-state index is 0.0251. The van der Waals surface area contributed by atoms with Crippen molar-refractivity contribution in [3.05, 3.63) is 70.4 Å². The van der Waals surface area contributed by atoms with Crippen LogP contribution in [0, 0.1) is 0 Å². The van der Waals surface area contributed by atoms with Gasteiger partial charge in [-0.25, -0.2) is 4.98 Å². The summed E-state index contributed by atoms with van der Waals surface area (Å²) in [5.74, 6) is -0.904. The van der Waals surface area contributed by atoms with Crippen molar-refractivity contribution in [3.63, 3.8) is 0 Å². The number of ether oxygens (including phenoxy) is 1. The highest BCUT2D eigenvalue weighted by molar-refractivity contribution is 7.53. The summed E-state index contributed by atoms with van der Waals surface area (Å²) in [5, 5.41) is 16.9. The van der Waals surface area contributed by atoms with E-state index in [-0.39, 0.29) is 62.0 Å². The average molecular weight is 704 g/mol. The van der Waals surface area contributed by atoms with Crippen LogP contribution in [0.25, 0.3) is 5.57 Å². The fourth-order valence-corrected chi connectivity index (χ4v) is 7.40. The van der Waals surface area contributed by atoms with Gasteiger partial charge < -0.3 is 44.1 Å². The molecule has 2 aliphatic heterocycles. The van der Waals surface area contributed by atoms with E-state index in [2.05, 4.69) is 20.6 Å². The number of carbonyl (C=O) groups excluding carboxylic acids is 2. The molecule has 5 rings (SSSR count). The van der Waals surface area contributed by atoms with Crippen molar-refractivity contribution in [2.75, 3.05) is 51.1 Å². The SMILES string of the molecule is CCOP(=O)(Cc1ccc(Nc2ncc(C(F)(F)F)c(Nc3ccc(C4=CCN(C(=O)[O-])CC4)c4c3C(=O)N(C)C4)n2)c(OC)c1)OCC. The molecular formula is C32H35F3N6O7P-. The number of hydrogen-bond acceptors (Lipinski definition) is 11. The molecule has 2 aliphatic rings. The second kappa shape index (κ2) is 14.4. The Labute approximate surface area is 280 Å². The molecule has 0 fully saturated rings. The summed E-state index contributed by atoms with van der Waals surface area (Å²) in [6, 6.07) is 8.03. The first-order valence-electron chi connectivity index (χ1n) is 15.4. The van der Waals surface area contributed by atoms with Crippen LogP contribution in [0.15, 0.2) is 42.6 Å². The van der Waals surface area contributed by atoms with Crippen molar-refractivity contribution < 1.29 is 46.2 Å². The summed E-state index contributed by atoms with van der Waals surface area (Å²) in [6.07, 6.45) is -3.38. The van der Waals surface area contributed by atoms with Gasteiger partial charge in [0.25, 0.3) is 5.91 Å². The highest BCUT2D eigenvalue weighted by Crippen LogP contribution is 2.52. The number of methoxy groups -OCH3 is 1. The lowest BCUT2D eigenvalue weighted by molar-refractivity contribution is -0.265. The molecule has 49 heavy (non-hydrogen) atoms. The Balaban J connectivity index is 1.47. The first-order valence-corrected chi connectivity index (χ1v) is 17.1. The lowest BCUT2D eigenvalue weighted by atomic mass is 9.92. The van der Waals surface area contributed by atoms with Gasteiger partial charge in [0.15, 0.2) is 0 Å². The van der Waals surface area contributed by atoms with Crippen molar-refractivity contribution in [1.82, 2.24) is 19.8 Å². The number of aromatic nitrogens is 2. The largest absolute Gasteiger partial charge is 0.530 e. The third-order valence-corrected chi connectivity index (χ3v) is 10.0. The lowest BCUT2D eigenvalue weighted by Gasteiger charge is -2.29. The number of alkyl halides is 3. The van der Waals surface area contributed by atoms with Gasteiger partial charge in [0.1, 0.15) is 23.2 Å². The molecule has 2 aromatic carbocycles. The quantitative estimate of drug-likeness (QED) is 0.221. The molecule has 2 amide bonds. The van der Waals surface area contributed by atoms with E-state index >= 15 is 0 Å². The molecule has 1 aromatic heterocycles. The van der Waals surface area contributed by atoms with Crippen molar-refractivity contribution >= 4 is 48.3 Å². The molecule has 0 aliphatic carbocycles. The van der Waals surface area contributed by atoms with Crippen LogP contribution in [0.3, 0.4) is 0 Å². The van der Waals surface area contributed by atoms with Crippen molar-refractivity contribution in [1.29, 1.82) is 0 Å².